The standard InChI is InChI=1S/C19H21NO3/c1-12-10-16(23-4)11-13(2)17(12)6-8-19(22)20-18-7-5-15(21)9-14(18)3/h5-11,21H,1-4H3,(H,20,22)/b8-6+. The number of hydrogen-bond acceptors (Lipinski definition) is 3. The average molecular weight is 311 g/mol. The molecule has 2 aromatic carbocycles. The molecule has 2 aromatic rings. The van der Waals surface area contributed by atoms with E-state index in [2.05, 4.69) is 5.32 Å². The average Bonchev–Trinajstić information content (AvgIpc) is 2.49. The first-order valence-electron chi connectivity index (χ1n) is 7.34. The summed E-state index contributed by atoms with van der Waals surface area (Å²) >= 11 is 0. The first kappa shape index (κ1) is 16.6. The molecular weight excluding hydrogens is 290 g/mol. The summed E-state index contributed by atoms with van der Waals surface area (Å²) in [6.45, 7) is 5.80. The van der Waals surface area contributed by atoms with Gasteiger partial charge in [0.15, 0.2) is 0 Å². The molecule has 4 nitrogen and oxygen atoms in total. The van der Waals surface area contributed by atoms with Crippen molar-refractivity contribution in [3.8, 4) is 11.5 Å². The monoisotopic (exact) mass is 311 g/mol. The number of anilines is 1. The summed E-state index contributed by atoms with van der Waals surface area (Å²) in [5.41, 5.74) is 4.59. The number of carbonyl (C=O) groups excluding carboxylic acids is 1. The minimum Gasteiger partial charge on any atom is -0.508 e. The summed E-state index contributed by atoms with van der Waals surface area (Å²) in [6.07, 6.45) is 3.31. The van der Waals surface area contributed by atoms with Crippen LogP contribution in [0.3, 0.4) is 0 Å². The number of aromatic hydroxyl groups is 1. The zero-order valence-electron chi connectivity index (χ0n) is 13.8. The van der Waals surface area contributed by atoms with E-state index in [1.54, 1.807) is 31.4 Å². The van der Waals surface area contributed by atoms with Gasteiger partial charge in [0.25, 0.3) is 0 Å². The van der Waals surface area contributed by atoms with Crippen molar-refractivity contribution in [3.63, 3.8) is 0 Å². The molecule has 23 heavy (non-hydrogen) atoms. The third kappa shape index (κ3) is 4.13. The lowest BCUT2D eigenvalue weighted by Gasteiger charge is -2.09. The number of phenols is 1. The molecule has 0 radical (unpaired) electrons. The molecule has 0 saturated heterocycles. The number of aryl methyl sites for hydroxylation is 3. The number of nitrogens with one attached hydrogen (secondary N) is 1. The molecule has 0 aromatic heterocycles. The van der Waals surface area contributed by atoms with Gasteiger partial charge in [-0.2, -0.15) is 0 Å². The van der Waals surface area contributed by atoms with Gasteiger partial charge in [-0.25, -0.2) is 0 Å². The Morgan fingerprint density at radius 2 is 1.74 bits per heavy atom. The van der Waals surface area contributed by atoms with Crippen molar-refractivity contribution < 1.29 is 14.6 Å². The van der Waals surface area contributed by atoms with Gasteiger partial charge in [-0.1, -0.05) is 0 Å². The minimum atomic E-state index is -0.214. The van der Waals surface area contributed by atoms with E-state index in [0.29, 0.717) is 5.69 Å². The van der Waals surface area contributed by atoms with Crippen molar-refractivity contribution in [3.05, 3.63) is 58.7 Å². The molecule has 0 aliphatic rings. The molecule has 2 N–H and O–H groups in total. The van der Waals surface area contributed by atoms with Gasteiger partial charge < -0.3 is 15.2 Å². The van der Waals surface area contributed by atoms with Gasteiger partial charge in [0, 0.05) is 11.8 Å². The molecule has 0 unspecified atom stereocenters. The van der Waals surface area contributed by atoms with Crippen molar-refractivity contribution in [2.45, 2.75) is 20.8 Å². The van der Waals surface area contributed by atoms with Crippen molar-refractivity contribution in [1.29, 1.82) is 0 Å². The summed E-state index contributed by atoms with van der Waals surface area (Å²) in [5, 5.41) is 12.2. The highest BCUT2D eigenvalue weighted by Gasteiger charge is 2.05. The van der Waals surface area contributed by atoms with Crippen LogP contribution in [0.5, 0.6) is 11.5 Å². The van der Waals surface area contributed by atoms with Gasteiger partial charge in [-0.15, -0.1) is 0 Å². The van der Waals surface area contributed by atoms with Gasteiger partial charge >= 0.3 is 0 Å². The SMILES string of the molecule is COc1cc(C)c(/C=C/C(=O)Nc2ccc(O)cc2C)c(C)c1. The Bertz CT molecular complexity index is 740. The van der Waals surface area contributed by atoms with Gasteiger partial charge in [-0.05, 0) is 79.4 Å². The Morgan fingerprint density at radius 3 is 2.30 bits per heavy atom. The normalized spacial score (nSPS) is 10.8. The van der Waals surface area contributed by atoms with Crippen LogP contribution in [0.4, 0.5) is 5.69 Å². The molecule has 0 fully saturated rings. The van der Waals surface area contributed by atoms with Crippen LogP contribution in [0.1, 0.15) is 22.3 Å². The first-order chi connectivity index (χ1) is 10.9. The van der Waals surface area contributed by atoms with E-state index in [-0.39, 0.29) is 11.7 Å². The summed E-state index contributed by atoms with van der Waals surface area (Å²) < 4.78 is 5.23. The fourth-order valence-electron chi connectivity index (χ4n) is 2.44. The Labute approximate surface area is 136 Å². The lowest BCUT2D eigenvalue weighted by Crippen LogP contribution is -2.08. The molecule has 0 saturated carbocycles. The largest absolute Gasteiger partial charge is 0.508 e. The molecule has 0 aliphatic heterocycles. The molecule has 0 bridgehead atoms. The van der Waals surface area contributed by atoms with E-state index >= 15 is 0 Å². The fraction of sp³-hybridized carbons (Fsp3) is 0.211. The molecule has 0 aliphatic carbocycles. The van der Waals surface area contributed by atoms with E-state index in [1.165, 1.54) is 6.08 Å². The summed E-state index contributed by atoms with van der Waals surface area (Å²) in [5.74, 6) is 0.773. The molecule has 120 valence electrons. The second kappa shape index (κ2) is 7.01. The topological polar surface area (TPSA) is 58.6 Å². The quantitative estimate of drug-likeness (QED) is 0.663. The van der Waals surface area contributed by atoms with Crippen molar-refractivity contribution in [1.82, 2.24) is 0 Å². The van der Waals surface area contributed by atoms with E-state index < -0.39 is 0 Å². The summed E-state index contributed by atoms with van der Waals surface area (Å²) in [7, 11) is 1.64. The lowest BCUT2D eigenvalue weighted by molar-refractivity contribution is -0.111. The Hall–Kier alpha value is -2.75. The summed E-state index contributed by atoms with van der Waals surface area (Å²) in [4.78, 5) is 12.1. The Morgan fingerprint density at radius 1 is 1.09 bits per heavy atom. The van der Waals surface area contributed by atoms with Crippen molar-refractivity contribution >= 4 is 17.7 Å². The number of ether oxygens (including phenoxy) is 1. The van der Waals surface area contributed by atoms with Crippen LogP contribution in [0.25, 0.3) is 6.08 Å². The van der Waals surface area contributed by atoms with Gasteiger partial charge in [0.2, 0.25) is 5.91 Å². The molecule has 0 atom stereocenters. The lowest BCUT2D eigenvalue weighted by atomic mass is 10.0. The number of rotatable bonds is 4. The van der Waals surface area contributed by atoms with E-state index in [1.807, 2.05) is 32.9 Å². The van der Waals surface area contributed by atoms with Crippen LogP contribution in [0, 0.1) is 20.8 Å². The zero-order chi connectivity index (χ0) is 17.0. The molecule has 2 rings (SSSR count). The third-order valence-corrected chi connectivity index (χ3v) is 3.67. The first-order valence-corrected chi connectivity index (χ1v) is 7.34. The van der Waals surface area contributed by atoms with Gasteiger partial charge in [-0.3, -0.25) is 4.79 Å². The van der Waals surface area contributed by atoms with Crippen molar-refractivity contribution in [2.75, 3.05) is 12.4 Å². The maximum Gasteiger partial charge on any atom is 0.248 e. The molecule has 4 heteroatoms. The van der Waals surface area contributed by atoms with Crippen LogP contribution >= 0.6 is 0 Å². The number of amides is 1. The number of methoxy groups -OCH3 is 1. The predicted octanol–water partition coefficient (Wildman–Crippen LogP) is 3.98. The molecular formula is C19H21NO3. The van der Waals surface area contributed by atoms with Gasteiger partial charge in [0.05, 0.1) is 7.11 Å². The maximum absolute atomic E-state index is 12.1. The van der Waals surface area contributed by atoms with Gasteiger partial charge in [0.1, 0.15) is 11.5 Å². The van der Waals surface area contributed by atoms with Crippen LogP contribution in [-0.2, 0) is 4.79 Å². The van der Waals surface area contributed by atoms with E-state index in [0.717, 1.165) is 28.0 Å². The van der Waals surface area contributed by atoms with Crippen LogP contribution in [0.15, 0.2) is 36.4 Å². The van der Waals surface area contributed by atoms with E-state index in [4.69, 9.17) is 4.74 Å². The third-order valence-electron chi connectivity index (χ3n) is 3.67. The second-order valence-electron chi connectivity index (χ2n) is 5.50. The molecule has 1 amide bonds. The Kier molecular flexibility index (Phi) is 5.06. The fourth-order valence-corrected chi connectivity index (χ4v) is 2.44. The highest BCUT2D eigenvalue weighted by atomic mass is 16.5. The number of phenolic OH excluding ortho intramolecular Hbond substituents is 1. The second-order valence-corrected chi connectivity index (χ2v) is 5.50. The van der Waals surface area contributed by atoms with E-state index in [9.17, 15) is 9.90 Å². The van der Waals surface area contributed by atoms with Crippen LogP contribution in [-0.4, -0.2) is 18.1 Å². The molecule has 0 spiro atoms. The molecule has 0 heterocycles. The van der Waals surface area contributed by atoms with Crippen LogP contribution < -0.4 is 10.1 Å². The maximum atomic E-state index is 12.1. The predicted molar refractivity (Wildman–Crippen MR) is 93.0 cm³/mol. The van der Waals surface area contributed by atoms with Crippen LogP contribution in [0.2, 0.25) is 0 Å². The Balaban J connectivity index is 2.15. The highest BCUT2D eigenvalue weighted by molar-refractivity contribution is 6.02. The highest BCUT2D eigenvalue weighted by Crippen LogP contribution is 2.23. The smallest absolute Gasteiger partial charge is 0.248 e. The minimum absolute atomic E-state index is 0.181. The number of carbonyl (C=O) groups is 1. The number of hydrogen-bond donors (Lipinski definition) is 2. The summed E-state index contributed by atoms with van der Waals surface area (Å²) in [6, 6.07) is 8.71. The zero-order valence-corrected chi connectivity index (χ0v) is 13.8. The number of benzene rings is 2. The van der Waals surface area contributed by atoms with Crippen molar-refractivity contribution in [2.24, 2.45) is 0 Å².